The molecule has 2 aromatic rings. The second-order valence-corrected chi connectivity index (χ2v) is 5.00. The molecule has 0 bridgehead atoms. The van der Waals surface area contributed by atoms with Gasteiger partial charge >= 0.3 is 0 Å². The Kier molecular flexibility index (Phi) is 3.68. The summed E-state index contributed by atoms with van der Waals surface area (Å²) in [5.41, 5.74) is 0.556. The standard InChI is InChI=1S/C12H14FN3OS/c1-7(17)9-5-4-6-10(13)11(9)18-12-15-14-8(2)16(12)3/h4-7,17H,1-3H3/t7-/m1/s1. The minimum atomic E-state index is -0.725. The molecule has 0 amide bonds. The van der Waals surface area contributed by atoms with E-state index in [0.717, 1.165) is 5.82 Å². The number of nitrogens with zero attached hydrogens (tertiary/aromatic N) is 3. The van der Waals surface area contributed by atoms with Crippen LogP contribution in [-0.4, -0.2) is 19.9 Å². The lowest BCUT2D eigenvalue weighted by atomic mass is 10.1. The predicted molar refractivity (Wildman–Crippen MR) is 66.9 cm³/mol. The van der Waals surface area contributed by atoms with Crippen LogP contribution in [0.5, 0.6) is 0 Å². The van der Waals surface area contributed by atoms with Crippen molar-refractivity contribution in [1.29, 1.82) is 0 Å². The van der Waals surface area contributed by atoms with Gasteiger partial charge in [-0.15, -0.1) is 10.2 Å². The maximum Gasteiger partial charge on any atom is 0.195 e. The van der Waals surface area contributed by atoms with Gasteiger partial charge in [0, 0.05) is 7.05 Å². The second-order valence-electron chi connectivity index (χ2n) is 4.03. The molecule has 0 aliphatic heterocycles. The molecule has 0 saturated carbocycles. The average molecular weight is 267 g/mol. The highest BCUT2D eigenvalue weighted by Gasteiger charge is 2.16. The highest BCUT2D eigenvalue weighted by atomic mass is 32.2. The first-order chi connectivity index (χ1) is 8.50. The number of aromatic nitrogens is 3. The number of hydrogen-bond acceptors (Lipinski definition) is 4. The summed E-state index contributed by atoms with van der Waals surface area (Å²) in [6, 6.07) is 4.67. The molecule has 0 unspecified atom stereocenters. The van der Waals surface area contributed by atoms with Gasteiger partial charge in [-0.3, -0.25) is 0 Å². The molecule has 18 heavy (non-hydrogen) atoms. The van der Waals surface area contributed by atoms with Crippen LogP contribution in [0.1, 0.15) is 24.4 Å². The van der Waals surface area contributed by atoms with E-state index in [1.807, 2.05) is 14.0 Å². The van der Waals surface area contributed by atoms with Gasteiger partial charge in [0.15, 0.2) is 5.16 Å². The van der Waals surface area contributed by atoms with Crippen LogP contribution in [0.3, 0.4) is 0 Å². The number of benzene rings is 1. The summed E-state index contributed by atoms with van der Waals surface area (Å²) < 4.78 is 15.6. The Balaban J connectivity index is 2.42. The Morgan fingerprint density at radius 2 is 2.11 bits per heavy atom. The molecule has 1 N–H and O–H groups in total. The topological polar surface area (TPSA) is 50.9 Å². The van der Waals surface area contributed by atoms with E-state index in [1.54, 1.807) is 23.6 Å². The van der Waals surface area contributed by atoms with Crippen LogP contribution in [0.4, 0.5) is 4.39 Å². The van der Waals surface area contributed by atoms with Gasteiger partial charge in [0.05, 0.1) is 11.0 Å². The zero-order valence-electron chi connectivity index (χ0n) is 10.4. The Bertz CT molecular complexity index is 568. The van der Waals surface area contributed by atoms with E-state index in [9.17, 15) is 9.50 Å². The Labute approximate surface area is 109 Å². The van der Waals surface area contributed by atoms with Crippen LogP contribution in [-0.2, 0) is 7.05 Å². The molecule has 96 valence electrons. The van der Waals surface area contributed by atoms with Gasteiger partial charge in [0.1, 0.15) is 11.6 Å². The number of aryl methyl sites for hydroxylation is 1. The molecular formula is C12H14FN3OS. The Hall–Kier alpha value is -1.40. The van der Waals surface area contributed by atoms with E-state index in [0.29, 0.717) is 15.6 Å². The monoisotopic (exact) mass is 267 g/mol. The number of hydrogen-bond donors (Lipinski definition) is 1. The van der Waals surface area contributed by atoms with Crippen LogP contribution < -0.4 is 0 Å². The molecule has 6 heteroatoms. The van der Waals surface area contributed by atoms with E-state index >= 15 is 0 Å². The third-order valence-corrected chi connectivity index (χ3v) is 3.87. The van der Waals surface area contributed by atoms with Crippen molar-refractivity contribution in [3.63, 3.8) is 0 Å². The molecule has 1 aromatic heterocycles. The van der Waals surface area contributed by atoms with E-state index < -0.39 is 6.10 Å². The maximum atomic E-state index is 13.8. The Morgan fingerprint density at radius 1 is 1.39 bits per heavy atom. The van der Waals surface area contributed by atoms with Crippen molar-refractivity contribution in [2.24, 2.45) is 7.05 Å². The van der Waals surface area contributed by atoms with E-state index in [2.05, 4.69) is 10.2 Å². The molecule has 1 aromatic carbocycles. The quantitative estimate of drug-likeness (QED) is 0.928. The maximum absolute atomic E-state index is 13.8. The van der Waals surface area contributed by atoms with Gasteiger partial charge in [-0.2, -0.15) is 0 Å². The zero-order valence-corrected chi connectivity index (χ0v) is 11.2. The predicted octanol–water partition coefficient (Wildman–Crippen LogP) is 2.47. The van der Waals surface area contributed by atoms with Crippen LogP contribution in [0.15, 0.2) is 28.3 Å². The summed E-state index contributed by atoms with van der Waals surface area (Å²) in [7, 11) is 1.82. The van der Waals surface area contributed by atoms with Gasteiger partial charge in [-0.05, 0) is 37.2 Å². The molecule has 0 saturated heterocycles. The molecule has 0 aliphatic rings. The van der Waals surface area contributed by atoms with Crippen molar-refractivity contribution >= 4 is 11.8 Å². The fourth-order valence-electron chi connectivity index (χ4n) is 1.53. The summed E-state index contributed by atoms with van der Waals surface area (Å²) in [4.78, 5) is 0.392. The third-order valence-electron chi connectivity index (χ3n) is 2.69. The number of aliphatic hydroxyl groups is 1. The van der Waals surface area contributed by atoms with E-state index in [-0.39, 0.29) is 5.82 Å². The molecule has 0 radical (unpaired) electrons. The van der Waals surface area contributed by atoms with Gasteiger partial charge in [-0.1, -0.05) is 12.1 Å². The summed E-state index contributed by atoms with van der Waals surface area (Å²) in [6.45, 7) is 3.44. The summed E-state index contributed by atoms with van der Waals surface area (Å²) in [6.07, 6.45) is -0.725. The summed E-state index contributed by atoms with van der Waals surface area (Å²) in [5, 5.41) is 18.2. The fourth-order valence-corrected chi connectivity index (χ4v) is 2.59. The highest BCUT2D eigenvalue weighted by molar-refractivity contribution is 7.99. The largest absolute Gasteiger partial charge is 0.389 e. The first kappa shape index (κ1) is 13.0. The smallest absolute Gasteiger partial charge is 0.195 e. The van der Waals surface area contributed by atoms with Crippen LogP contribution in [0.2, 0.25) is 0 Å². The number of aliphatic hydroxyl groups excluding tert-OH is 1. The van der Waals surface area contributed by atoms with Gasteiger partial charge in [-0.25, -0.2) is 4.39 Å². The SMILES string of the molecule is Cc1nnc(Sc2c(F)cccc2[C@@H](C)O)n1C. The number of halogens is 1. The first-order valence-corrected chi connectivity index (χ1v) is 6.32. The van der Waals surface area contributed by atoms with Crippen LogP contribution >= 0.6 is 11.8 Å². The fraction of sp³-hybridized carbons (Fsp3) is 0.333. The Morgan fingerprint density at radius 3 is 2.67 bits per heavy atom. The van der Waals surface area contributed by atoms with Crippen molar-refractivity contribution in [2.75, 3.05) is 0 Å². The summed E-state index contributed by atoms with van der Waals surface area (Å²) in [5.74, 6) is 0.395. The highest BCUT2D eigenvalue weighted by Crippen LogP contribution is 2.34. The molecule has 1 atom stereocenters. The van der Waals surface area contributed by atoms with Crippen molar-refractivity contribution in [2.45, 2.75) is 30.0 Å². The lowest BCUT2D eigenvalue weighted by molar-refractivity contribution is 0.195. The van der Waals surface area contributed by atoms with Crippen molar-refractivity contribution < 1.29 is 9.50 Å². The van der Waals surface area contributed by atoms with Crippen LogP contribution in [0.25, 0.3) is 0 Å². The lowest BCUT2D eigenvalue weighted by Gasteiger charge is -2.11. The lowest BCUT2D eigenvalue weighted by Crippen LogP contribution is -1.99. The molecule has 1 heterocycles. The molecular weight excluding hydrogens is 253 g/mol. The van der Waals surface area contributed by atoms with Crippen molar-refractivity contribution in [3.05, 3.63) is 35.4 Å². The minimum Gasteiger partial charge on any atom is -0.389 e. The molecule has 0 aliphatic carbocycles. The molecule has 0 spiro atoms. The first-order valence-electron chi connectivity index (χ1n) is 5.51. The van der Waals surface area contributed by atoms with Gasteiger partial charge in [0.25, 0.3) is 0 Å². The van der Waals surface area contributed by atoms with Crippen molar-refractivity contribution in [1.82, 2.24) is 14.8 Å². The number of rotatable bonds is 3. The van der Waals surface area contributed by atoms with Crippen molar-refractivity contribution in [3.8, 4) is 0 Å². The normalized spacial score (nSPS) is 12.7. The van der Waals surface area contributed by atoms with E-state index in [1.165, 1.54) is 17.8 Å². The van der Waals surface area contributed by atoms with Gasteiger partial charge < -0.3 is 9.67 Å². The van der Waals surface area contributed by atoms with E-state index in [4.69, 9.17) is 0 Å². The summed E-state index contributed by atoms with van der Waals surface area (Å²) >= 11 is 1.17. The second kappa shape index (κ2) is 5.07. The third kappa shape index (κ3) is 2.39. The minimum absolute atomic E-state index is 0.362. The average Bonchev–Trinajstić information content (AvgIpc) is 2.63. The van der Waals surface area contributed by atoms with Gasteiger partial charge in [0.2, 0.25) is 0 Å². The van der Waals surface area contributed by atoms with Crippen LogP contribution in [0, 0.1) is 12.7 Å². The zero-order chi connectivity index (χ0) is 13.3. The molecule has 4 nitrogen and oxygen atoms in total. The molecule has 2 rings (SSSR count). The molecule has 0 fully saturated rings.